The number of hydrogen-bond acceptors (Lipinski definition) is 3. The molecule has 1 rings (SSSR count). The molecule has 0 saturated heterocycles. The molecule has 0 aliphatic heterocycles. The predicted molar refractivity (Wildman–Crippen MR) is 64.3 cm³/mol. The Hall–Kier alpha value is -1.42. The van der Waals surface area contributed by atoms with Crippen LogP contribution in [-0.2, 0) is 4.79 Å². The van der Waals surface area contributed by atoms with E-state index in [4.69, 9.17) is 5.11 Å². The van der Waals surface area contributed by atoms with E-state index >= 15 is 0 Å². The average Bonchev–Trinajstić information content (AvgIpc) is 2.29. The van der Waals surface area contributed by atoms with Gasteiger partial charge >= 0.3 is 5.97 Å². The van der Waals surface area contributed by atoms with Gasteiger partial charge in [0.2, 0.25) is 0 Å². The highest BCUT2D eigenvalue weighted by Crippen LogP contribution is 2.20. The van der Waals surface area contributed by atoms with E-state index in [2.05, 4.69) is 4.98 Å². The number of pyridine rings is 1. The van der Waals surface area contributed by atoms with E-state index in [1.54, 1.807) is 12.4 Å². The summed E-state index contributed by atoms with van der Waals surface area (Å²) in [5.41, 5.74) is 0.930. The number of carboxylic acid groups (broad SMARTS) is 1. The first-order valence-corrected chi connectivity index (χ1v) is 5.39. The Morgan fingerprint density at radius 3 is 2.50 bits per heavy atom. The lowest BCUT2D eigenvalue weighted by Gasteiger charge is -2.22. The standard InChI is InChI=1S/C10H14N2O2.C2H6/c1-12(2)9(6-10(13)14)8-4-3-5-11-7-8;1-2/h3-5,7,9H,6H2,1-2H3,(H,13,14);1-2H3. The van der Waals surface area contributed by atoms with Crippen LogP contribution in [0.25, 0.3) is 0 Å². The van der Waals surface area contributed by atoms with E-state index in [9.17, 15) is 4.79 Å². The predicted octanol–water partition coefficient (Wildman–Crippen LogP) is 2.19. The Morgan fingerprint density at radius 1 is 1.50 bits per heavy atom. The first kappa shape index (κ1) is 14.6. The Balaban J connectivity index is 0.00000106. The molecule has 1 atom stereocenters. The maximum absolute atomic E-state index is 10.6. The SMILES string of the molecule is CC.CN(C)C(CC(=O)O)c1cccnc1. The van der Waals surface area contributed by atoms with Gasteiger partial charge in [0.25, 0.3) is 0 Å². The molecule has 0 fully saturated rings. The lowest BCUT2D eigenvalue weighted by molar-refractivity contribution is -0.138. The summed E-state index contributed by atoms with van der Waals surface area (Å²) in [5.74, 6) is -0.799. The summed E-state index contributed by atoms with van der Waals surface area (Å²) in [6.45, 7) is 4.00. The highest BCUT2D eigenvalue weighted by Gasteiger charge is 2.17. The van der Waals surface area contributed by atoms with E-state index in [1.165, 1.54) is 0 Å². The fraction of sp³-hybridized carbons (Fsp3) is 0.500. The molecule has 16 heavy (non-hydrogen) atoms. The van der Waals surface area contributed by atoms with Crippen LogP contribution in [0.3, 0.4) is 0 Å². The quantitative estimate of drug-likeness (QED) is 0.851. The van der Waals surface area contributed by atoms with E-state index in [-0.39, 0.29) is 12.5 Å². The Labute approximate surface area is 96.9 Å². The van der Waals surface area contributed by atoms with Gasteiger partial charge in [-0.1, -0.05) is 19.9 Å². The van der Waals surface area contributed by atoms with Crippen LogP contribution < -0.4 is 0 Å². The molecule has 90 valence electrons. The second kappa shape index (κ2) is 7.82. The number of carbonyl (C=O) groups is 1. The minimum atomic E-state index is -0.799. The molecule has 0 aliphatic carbocycles. The summed E-state index contributed by atoms with van der Waals surface area (Å²) >= 11 is 0. The minimum absolute atomic E-state index is 0.0959. The van der Waals surface area contributed by atoms with Gasteiger partial charge in [0.05, 0.1) is 6.42 Å². The van der Waals surface area contributed by atoms with Crippen LogP contribution in [0, 0.1) is 0 Å². The zero-order valence-corrected chi connectivity index (χ0v) is 10.3. The number of rotatable bonds is 4. The summed E-state index contributed by atoms with van der Waals surface area (Å²) in [6.07, 6.45) is 3.48. The molecule has 0 amide bonds. The largest absolute Gasteiger partial charge is 0.481 e. The molecule has 1 heterocycles. The molecule has 1 N–H and O–H groups in total. The third-order valence-electron chi connectivity index (χ3n) is 2.06. The summed E-state index contributed by atoms with van der Waals surface area (Å²) in [5, 5.41) is 8.75. The molecule has 0 spiro atoms. The van der Waals surface area contributed by atoms with E-state index in [0.29, 0.717) is 0 Å². The average molecular weight is 224 g/mol. The van der Waals surface area contributed by atoms with Gasteiger partial charge in [0.1, 0.15) is 0 Å². The fourth-order valence-corrected chi connectivity index (χ4v) is 1.34. The number of aliphatic carboxylic acids is 1. The van der Waals surface area contributed by atoms with Crippen molar-refractivity contribution in [1.29, 1.82) is 0 Å². The first-order valence-electron chi connectivity index (χ1n) is 5.39. The topological polar surface area (TPSA) is 53.4 Å². The van der Waals surface area contributed by atoms with Gasteiger partial charge in [-0.2, -0.15) is 0 Å². The summed E-state index contributed by atoms with van der Waals surface area (Å²) in [7, 11) is 3.72. The van der Waals surface area contributed by atoms with Gasteiger partial charge < -0.3 is 10.0 Å². The van der Waals surface area contributed by atoms with Crippen molar-refractivity contribution in [2.45, 2.75) is 26.3 Å². The van der Waals surface area contributed by atoms with Crippen LogP contribution >= 0.6 is 0 Å². The van der Waals surface area contributed by atoms with Crippen molar-refractivity contribution in [1.82, 2.24) is 9.88 Å². The number of carboxylic acids is 1. The van der Waals surface area contributed by atoms with Crippen molar-refractivity contribution in [2.24, 2.45) is 0 Å². The van der Waals surface area contributed by atoms with Crippen LogP contribution in [0.4, 0.5) is 0 Å². The van der Waals surface area contributed by atoms with Crippen molar-refractivity contribution in [2.75, 3.05) is 14.1 Å². The smallest absolute Gasteiger partial charge is 0.305 e. The molecule has 0 aliphatic rings. The maximum atomic E-state index is 10.6. The molecule has 1 unspecified atom stereocenters. The minimum Gasteiger partial charge on any atom is -0.481 e. The second-order valence-electron chi connectivity index (χ2n) is 3.36. The van der Waals surface area contributed by atoms with E-state index in [0.717, 1.165) is 5.56 Å². The van der Waals surface area contributed by atoms with Gasteiger partial charge in [0, 0.05) is 18.4 Å². The van der Waals surface area contributed by atoms with Crippen molar-refractivity contribution < 1.29 is 9.90 Å². The normalized spacial score (nSPS) is 11.6. The molecular formula is C12H20N2O2. The zero-order chi connectivity index (χ0) is 12.6. The highest BCUT2D eigenvalue weighted by atomic mass is 16.4. The van der Waals surface area contributed by atoms with Crippen molar-refractivity contribution in [3.63, 3.8) is 0 Å². The third kappa shape index (κ3) is 4.89. The summed E-state index contributed by atoms with van der Waals surface area (Å²) in [4.78, 5) is 16.5. The summed E-state index contributed by atoms with van der Waals surface area (Å²) in [6, 6.07) is 3.59. The van der Waals surface area contributed by atoms with Crippen molar-refractivity contribution in [3.05, 3.63) is 30.1 Å². The monoisotopic (exact) mass is 224 g/mol. The zero-order valence-electron chi connectivity index (χ0n) is 10.3. The third-order valence-corrected chi connectivity index (χ3v) is 2.06. The van der Waals surface area contributed by atoms with Crippen LogP contribution in [-0.4, -0.2) is 35.1 Å². The lowest BCUT2D eigenvalue weighted by atomic mass is 10.1. The Kier molecular flexibility index (Phi) is 7.12. The summed E-state index contributed by atoms with van der Waals surface area (Å²) < 4.78 is 0. The van der Waals surface area contributed by atoms with Gasteiger partial charge in [0.15, 0.2) is 0 Å². The molecule has 0 bridgehead atoms. The number of nitrogens with zero attached hydrogens (tertiary/aromatic N) is 2. The molecule has 1 aromatic heterocycles. The van der Waals surface area contributed by atoms with Crippen molar-refractivity contribution >= 4 is 5.97 Å². The van der Waals surface area contributed by atoms with E-state index in [1.807, 2.05) is 45.0 Å². The van der Waals surface area contributed by atoms with Gasteiger partial charge in [-0.05, 0) is 25.7 Å². The fourth-order valence-electron chi connectivity index (χ4n) is 1.34. The van der Waals surface area contributed by atoms with Crippen LogP contribution in [0.2, 0.25) is 0 Å². The Morgan fingerprint density at radius 2 is 2.12 bits per heavy atom. The molecule has 0 saturated carbocycles. The number of hydrogen-bond donors (Lipinski definition) is 1. The highest BCUT2D eigenvalue weighted by molar-refractivity contribution is 5.67. The molecule has 0 aromatic carbocycles. The molecule has 4 nitrogen and oxygen atoms in total. The van der Waals surface area contributed by atoms with Crippen LogP contribution in [0.1, 0.15) is 31.9 Å². The van der Waals surface area contributed by atoms with Crippen LogP contribution in [0.15, 0.2) is 24.5 Å². The second-order valence-corrected chi connectivity index (χ2v) is 3.36. The van der Waals surface area contributed by atoms with Gasteiger partial charge in [-0.15, -0.1) is 0 Å². The molecular weight excluding hydrogens is 204 g/mol. The van der Waals surface area contributed by atoms with Crippen molar-refractivity contribution in [3.8, 4) is 0 Å². The number of aromatic nitrogens is 1. The van der Waals surface area contributed by atoms with Crippen LogP contribution in [0.5, 0.6) is 0 Å². The van der Waals surface area contributed by atoms with Gasteiger partial charge in [-0.3, -0.25) is 9.78 Å². The molecule has 1 aromatic rings. The van der Waals surface area contributed by atoms with E-state index < -0.39 is 5.97 Å². The molecule has 0 radical (unpaired) electrons. The first-order chi connectivity index (χ1) is 7.61. The van der Waals surface area contributed by atoms with Gasteiger partial charge in [-0.25, -0.2) is 0 Å². The molecule has 4 heteroatoms. The maximum Gasteiger partial charge on any atom is 0.305 e. The lowest BCUT2D eigenvalue weighted by Crippen LogP contribution is -2.22. The Bertz CT molecular complexity index is 299.